The standard InChI is InChI=1S/C21H29N5OS/c1-15(2)22-21(27)20-13-25-9-8-16(20)10-18(25)12-26-11-17(23-24-26)14-28-19-6-4-3-5-7-19/h3-7,11,15-16,18,20H,8-10,12-14H2,1-2H3,(H,22,27)/t16-,18-,20+/m1/s1. The molecule has 0 aliphatic carbocycles. The van der Waals surface area contributed by atoms with Crippen LogP contribution in [0.2, 0.25) is 0 Å². The van der Waals surface area contributed by atoms with Crippen LogP contribution in [-0.2, 0) is 17.1 Å². The molecule has 3 fully saturated rings. The summed E-state index contributed by atoms with van der Waals surface area (Å²) in [6.07, 6.45) is 4.27. The average Bonchev–Trinajstić information content (AvgIpc) is 3.14. The number of hydrogen-bond acceptors (Lipinski definition) is 5. The zero-order valence-electron chi connectivity index (χ0n) is 16.6. The van der Waals surface area contributed by atoms with Crippen LogP contribution < -0.4 is 5.32 Å². The molecule has 3 aliphatic rings. The zero-order valence-corrected chi connectivity index (χ0v) is 17.4. The fraction of sp³-hybridized carbons (Fsp3) is 0.571. The van der Waals surface area contributed by atoms with E-state index in [-0.39, 0.29) is 17.9 Å². The molecule has 6 nitrogen and oxygen atoms in total. The Bertz CT molecular complexity index is 793. The van der Waals surface area contributed by atoms with Gasteiger partial charge in [0.25, 0.3) is 0 Å². The summed E-state index contributed by atoms with van der Waals surface area (Å²) in [5.74, 6) is 1.69. The largest absolute Gasteiger partial charge is 0.354 e. The lowest BCUT2D eigenvalue weighted by atomic mass is 9.75. The van der Waals surface area contributed by atoms with Gasteiger partial charge in [-0.1, -0.05) is 23.4 Å². The van der Waals surface area contributed by atoms with Gasteiger partial charge in [-0.15, -0.1) is 16.9 Å². The Balaban J connectivity index is 1.31. The van der Waals surface area contributed by atoms with Crippen molar-refractivity contribution in [2.45, 2.75) is 56.0 Å². The van der Waals surface area contributed by atoms with Gasteiger partial charge in [-0.25, -0.2) is 0 Å². The molecule has 0 saturated carbocycles. The number of fused-ring (bicyclic) bond motifs is 3. The first-order valence-electron chi connectivity index (χ1n) is 10.2. The third kappa shape index (κ3) is 4.58. The monoisotopic (exact) mass is 399 g/mol. The third-order valence-electron chi connectivity index (χ3n) is 5.76. The number of carbonyl (C=O) groups is 1. The number of aromatic nitrogens is 3. The highest BCUT2D eigenvalue weighted by atomic mass is 32.2. The Morgan fingerprint density at radius 2 is 2.14 bits per heavy atom. The lowest BCUT2D eigenvalue weighted by Gasteiger charge is -2.49. The van der Waals surface area contributed by atoms with Crippen molar-refractivity contribution in [1.29, 1.82) is 0 Å². The molecule has 1 aromatic carbocycles. The first-order valence-corrected chi connectivity index (χ1v) is 11.2. The minimum atomic E-state index is 0.140. The normalized spacial score (nSPS) is 26.5. The van der Waals surface area contributed by atoms with Gasteiger partial charge < -0.3 is 5.32 Å². The third-order valence-corrected chi connectivity index (χ3v) is 6.81. The predicted molar refractivity (Wildman–Crippen MR) is 111 cm³/mol. The Labute approximate surface area is 171 Å². The van der Waals surface area contributed by atoms with Crippen LogP contribution >= 0.6 is 11.8 Å². The highest BCUT2D eigenvalue weighted by Crippen LogP contribution is 2.37. The second-order valence-corrected chi connectivity index (χ2v) is 9.29. The first kappa shape index (κ1) is 19.5. The quantitative estimate of drug-likeness (QED) is 0.726. The number of nitrogens with zero attached hydrogens (tertiary/aromatic N) is 4. The molecule has 150 valence electrons. The molecule has 1 N–H and O–H groups in total. The van der Waals surface area contributed by atoms with Crippen molar-refractivity contribution >= 4 is 17.7 Å². The summed E-state index contributed by atoms with van der Waals surface area (Å²) in [6.45, 7) is 6.88. The molecular weight excluding hydrogens is 370 g/mol. The first-order chi connectivity index (χ1) is 13.6. The summed E-state index contributed by atoms with van der Waals surface area (Å²) in [5.41, 5.74) is 1.01. The lowest BCUT2D eigenvalue weighted by Crippen LogP contribution is -2.58. The van der Waals surface area contributed by atoms with Crippen molar-refractivity contribution in [2.24, 2.45) is 11.8 Å². The molecule has 2 aromatic rings. The topological polar surface area (TPSA) is 63.1 Å². The Morgan fingerprint density at radius 3 is 2.86 bits per heavy atom. The summed E-state index contributed by atoms with van der Waals surface area (Å²) in [5, 5.41) is 11.8. The van der Waals surface area contributed by atoms with E-state index in [0.29, 0.717) is 12.0 Å². The average molecular weight is 400 g/mol. The molecule has 28 heavy (non-hydrogen) atoms. The molecule has 3 saturated heterocycles. The lowest BCUT2D eigenvalue weighted by molar-refractivity contribution is -0.133. The van der Waals surface area contributed by atoms with Gasteiger partial charge in [-0.05, 0) is 51.3 Å². The SMILES string of the molecule is CC(C)NC(=O)[C@H]1CN2CC[C@@H]1C[C@@H]2Cn1cc(CSc2ccccc2)nn1. The van der Waals surface area contributed by atoms with E-state index < -0.39 is 0 Å². The maximum absolute atomic E-state index is 12.5. The summed E-state index contributed by atoms with van der Waals surface area (Å²) in [4.78, 5) is 16.2. The molecule has 4 heterocycles. The molecule has 1 unspecified atom stereocenters. The number of carbonyl (C=O) groups excluding carboxylic acids is 1. The van der Waals surface area contributed by atoms with E-state index in [1.807, 2.05) is 24.6 Å². The van der Waals surface area contributed by atoms with E-state index in [9.17, 15) is 4.79 Å². The fourth-order valence-corrected chi connectivity index (χ4v) is 5.20. The number of thioether (sulfide) groups is 1. The Kier molecular flexibility index (Phi) is 6.01. The molecule has 3 aliphatic heterocycles. The number of benzene rings is 1. The van der Waals surface area contributed by atoms with Crippen molar-refractivity contribution in [1.82, 2.24) is 25.2 Å². The van der Waals surface area contributed by atoms with Crippen LogP contribution in [0.25, 0.3) is 0 Å². The highest BCUT2D eigenvalue weighted by Gasteiger charge is 2.43. The molecule has 2 bridgehead atoms. The molecule has 1 aromatic heterocycles. The van der Waals surface area contributed by atoms with Gasteiger partial charge in [-0.2, -0.15) is 0 Å². The maximum Gasteiger partial charge on any atom is 0.224 e. The van der Waals surface area contributed by atoms with Gasteiger partial charge in [0.15, 0.2) is 0 Å². The van der Waals surface area contributed by atoms with Crippen molar-refractivity contribution in [3.63, 3.8) is 0 Å². The Morgan fingerprint density at radius 1 is 1.32 bits per heavy atom. The van der Waals surface area contributed by atoms with Crippen LogP contribution in [0.5, 0.6) is 0 Å². The maximum atomic E-state index is 12.5. The van der Waals surface area contributed by atoms with Gasteiger partial charge in [0, 0.05) is 35.5 Å². The summed E-state index contributed by atoms with van der Waals surface area (Å²) >= 11 is 1.78. The van der Waals surface area contributed by atoms with Crippen molar-refractivity contribution in [3.05, 3.63) is 42.2 Å². The zero-order chi connectivity index (χ0) is 19.5. The van der Waals surface area contributed by atoms with Crippen LogP contribution in [0.3, 0.4) is 0 Å². The molecule has 1 amide bonds. The number of piperidine rings is 3. The highest BCUT2D eigenvalue weighted by molar-refractivity contribution is 7.98. The van der Waals surface area contributed by atoms with E-state index in [2.05, 4.69) is 51.0 Å². The van der Waals surface area contributed by atoms with Crippen LogP contribution in [0, 0.1) is 11.8 Å². The van der Waals surface area contributed by atoms with E-state index >= 15 is 0 Å². The van der Waals surface area contributed by atoms with Gasteiger partial charge in [-0.3, -0.25) is 14.4 Å². The minimum absolute atomic E-state index is 0.140. The number of amides is 1. The van der Waals surface area contributed by atoms with Gasteiger partial charge >= 0.3 is 0 Å². The van der Waals surface area contributed by atoms with Gasteiger partial charge in [0.05, 0.1) is 18.2 Å². The van der Waals surface area contributed by atoms with Crippen molar-refractivity contribution < 1.29 is 4.79 Å². The Hall–Kier alpha value is -1.86. The fourth-order valence-electron chi connectivity index (χ4n) is 4.40. The van der Waals surface area contributed by atoms with E-state index in [1.165, 1.54) is 4.90 Å². The molecule has 7 heteroatoms. The van der Waals surface area contributed by atoms with Crippen molar-refractivity contribution in [2.75, 3.05) is 13.1 Å². The predicted octanol–water partition coefficient (Wildman–Crippen LogP) is 2.81. The van der Waals surface area contributed by atoms with Crippen LogP contribution in [0.1, 0.15) is 32.4 Å². The minimum Gasteiger partial charge on any atom is -0.354 e. The second kappa shape index (κ2) is 8.66. The number of rotatable bonds is 7. The van der Waals surface area contributed by atoms with Gasteiger partial charge in [0.2, 0.25) is 5.91 Å². The van der Waals surface area contributed by atoms with E-state index in [1.54, 1.807) is 11.8 Å². The summed E-state index contributed by atoms with van der Waals surface area (Å²) in [6, 6.07) is 11.0. The molecular formula is C21H29N5OS. The van der Waals surface area contributed by atoms with Crippen LogP contribution in [0.4, 0.5) is 0 Å². The van der Waals surface area contributed by atoms with Crippen molar-refractivity contribution in [3.8, 4) is 0 Å². The second-order valence-electron chi connectivity index (χ2n) is 8.24. The number of hydrogen-bond donors (Lipinski definition) is 1. The molecule has 0 spiro atoms. The van der Waals surface area contributed by atoms with Crippen LogP contribution in [-0.4, -0.2) is 51.0 Å². The van der Waals surface area contributed by atoms with Crippen LogP contribution in [0.15, 0.2) is 41.4 Å². The smallest absolute Gasteiger partial charge is 0.224 e. The molecule has 4 atom stereocenters. The summed E-state index contributed by atoms with van der Waals surface area (Å²) < 4.78 is 1.98. The van der Waals surface area contributed by atoms with E-state index in [4.69, 9.17) is 0 Å². The number of nitrogens with one attached hydrogen (secondary N) is 1. The summed E-state index contributed by atoms with van der Waals surface area (Å²) in [7, 11) is 0. The molecule has 0 radical (unpaired) electrons. The molecule has 5 rings (SSSR count). The van der Waals surface area contributed by atoms with E-state index in [0.717, 1.165) is 43.9 Å². The van der Waals surface area contributed by atoms with Gasteiger partial charge in [0.1, 0.15) is 0 Å².